The van der Waals surface area contributed by atoms with Crippen LogP contribution in [0.25, 0.3) is 11.0 Å². The summed E-state index contributed by atoms with van der Waals surface area (Å²) < 4.78 is 5.80. The Labute approximate surface area is 149 Å². The molecule has 0 aliphatic heterocycles. The second kappa shape index (κ2) is 6.83. The number of aromatic amines is 1. The highest BCUT2D eigenvalue weighted by molar-refractivity contribution is 6.32. The van der Waals surface area contributed by atoms with Crippen LogP contribution in [0.15, 0.2) is 67.1 Å². The van der Waals surface area contributed by atoms with Crippen molar-refractivity contribution in [2.24, 2.45) is 0 Å². The van der Waals surface area contributed by atoms with Crippen molar-refractivity contribution in [2.75, 3.05) is 5.32 Å². The highest BCUT2D eigenvalue weighted by atomic mass is 35.5. The van der Waals surface area contributed by atoms with Crippen LogP contribution < -0.4 is 10.1 Å². The van der Waals surface area contributed by atoms with E-state index in [0.717, 1.165) is 28.1 Å². The number of rotatable bonds is 5. The molecular weight excluding hydrogens is 336 g/mol. The minimum atomic E-state index is 0.475. The van der Waals surface area contributed by atoms with E-state index in [2.05, 4.69) is 20.3 Å². The smallest absolute Gasteiger partial charge is 0.143 e. The van der Waals surface area contributed by atoms with Gasteiger partial charge < -0.3 is 15.0 Å². The van der Waals surface area contributed by atoms with Crippen LogP contribution in [0.2, 0.25) is 5.02 Å². The zero-order valence-electron chi connectivity index (χ0n) is 13.2. The number of halogens is 1. The molecule has 5 nitrogen and oxygen atoms in total. The Balaban J connectivity index is 1.51. The van der Waals surface area contributed by atoms with Gasteiger partial charge in [0.2, 0.25) is 0 Å². The van der Waals surface area contributed by atoms with Crippen molar-refractivity contribution in [1.29, 1.82) is 0 Å². The SMILES string of the molecule is Clc1cc(Nc2ncnc3[nH]ccc23)ccc1OCc1ccccc1. The topological polar surface area (TPSA) is 62.8 Å². The Morgan fingerprint density at radius 2 is 1.92 bits per heavy atom. The lowest BCUT2D eigenvalue weighted by molar-refractivity contribution is 0.306. The van der Waals surface area contributed by atoms with Gasteiger partial charge in [-0.05, 0) is 29.8 Å². The van der Waals surface area contributed by atoms with E-state index in [1.165, 1.54) is 6.33 Å². The second-order valence-electron chi connectivity index (χ2n) is 5.51. The van der Waals surface area contributed by atoms with Gasteiger partial charge >= 0.3 is 0 Å². The van der Waals surface area contributed by atoms with E-state index in [9.17, 15) is 0 Å². The molecule has 0 atom stereocenters. The monoisotopic (exact) mass is 350 g/mol. The second-order valence-corrected chi connectivity index (χ2v) is 5.91. The lowest BCUT2D eigenvalue weighted by atomic mass is 10.2. The maximum Gasteiger partial charge on any atom is 0.143 e. The number of hydrogen-bond acceptors (Lipinski definition) is 4. The van der Waals surface area contributed by atoms with Crippen molar-refractivity contribution in [3.05, 3.63) is 77.7 Å². The van der Waals surface area contributed by atoms with Gasteiger partial charge in [0.05, 0.1) is 10.4 Å². The summed E-state index contributed by atoms with van der Waals surface area (Å²) in [6, 6.07) is 17.5. The predicted molar refractivity (Wildman–Crippen MR) is 99.4 cm³/mol. The minimum Gasteiger partial charge on any atom is -0.487 e. The summed E-state index contributed by atoms with van der Waals surface area (Å²) in [6.45, 7) is 0.475. The fraction of sp³-hybridized carbons (Fsp3) is 0.0526. The number of ether oxygens (including phenoxy) is 1. The number of hydrogen-bond donors (Lipinski definition) is 2. The molecule has 0 fully saturated rings. The van der Waals surface area contributed by atoms with Gasteiger partial charge in [0.25, 0.3) is 0 Å². The van der Waals surface area contributed by atoms with Crippen LogP contribution in [0, 0.1) is 0 Å². The first-order valence-corrected chi connectivity index (χ1v) is 8.19. The first-order chi connectivity index (χ1) is 12.3. The number of fused-ring (bicyclic) bond motifs is 1. The fourth-order valence-corrected chi connectivity index (χ4v) is 2.77. The molecule has 0 spiro atoms. The molecule has 0 amide bonds. The Morgan fingerprint density at radius 1 is 1.04 bits per heavy atom. The van der Waals surface area contributed by atoms with Gasteiger partial charge in [0.1, 0.15) is 30.1 Å². The molecule has 0 bridgehead atoms. The van der Waals surface area contributed by atoms with Gasteiger partial charge in [-0.1, -0.05) is 41.9 Å². The lowest BCUT2D eigenvalue weighted by Crippen LogP contribution is -1.98. The molecule has 25 heavy (non-hydrogen) atoms. The Morgan fingerprint density at radius 3 is 2.76 bits per heavy atom. The largest absolute Gasteiger partial charge is 0.487 e. The van der Waals surface area contributed by atoms with E-state index < -0.39 is 0 Å². The van der Waals surface area contributed by atoms with Gasteiger partial charge in [0, 0.05) is 11.9 Å². The molecular formula is C19H15ClN4O. The zero-order valence-corrected chi connectivity index (χ0v) is 14.0. The Hall–Kier alpha value is -3.05. The predicted octanol–water partition coefficient (Wildman–Crippen LogP) is 4.93. The first-order valence-electron chi connectivity index (χ1n) is 7.81. The van der Waals surface area contributed by atoms with Gasteiger partial charge in [-0.3, -0.25) is 0 Å². The summed E-state index contributed by atoms with van der Waals surface area (Å²) >= 11 is 6.36. The number of nitrogens with zero attached hydrogens (tertiary/aromatic N) is 2. The third kappa shape index (κ3) is 3.41. The van der Waals surface area contributed by atoms with E-state index >= 15 is 0 Å². The summed E-state index contributed by atoms with van der Waals surface area (Å²) in [5.41, 5.74) is 2.71. The molecule has 0 aliphatic rings. The molecule has 2 N–H and O–H groups in total. The summed E-state index contributed by atoms with van der Waals surface area (Å²) in [5.74, 6) is 1.37. The van der Waals surface area contributed by atoms with Crippen LogP contribution in [-0.4, -0.2) is 15.0 Å². The minimum absolute atomic E-state index is 0.475. The van der Waals surface area contributed by atoms with Gasteiger partial charge in [0.15, 0.2) is 0 Å². The van der Waals surface area contributed by atoms with Crippen molar-refractivity contribution < 1.29 is 4.74 Å². The normalized spacial score (nSPS) is 10.8. The molecule has 0 saturated carbocycles. The Kier molecular flexibility index (Phi) is 4.23. The molecule has 2 heterocycles. The molecule has 124 valence electrons. The summed E-state index contributed by atoms with van der Waals surface area (Å²) in [6.07, 6.45) is 3.35. The standard InChI is InChI=1S/C19H15ClN4O/c20-16-10-14(24-19-15-8-9-21-18(15)22-12-23-19)6-7-17(16)25-11-13-4-2-1-3-5-13/h1-10,12H,11H2,(H2,21,22,23,24). The number of aromatic nitrogens is 3. The maximum absolute atomic E-state index is 6.36. The van der Waals surface area contributed by atoms with Crippen LogP contribution in [0.5, 0.6) is 5.75 Å². The average Bonchev–Trinajstić information content (AvgIpc) is 3.12. The van der Waals surface area contributed by atoms with Gasteiger partial charge in [-0.2, -0.15) is 0 Å². The highest BCUT2D eigenvalue weighted by Gasteiger charge is 2.07. The van der Waals surface area contributed by atoms with E-state index in [1.807, 2.05) is 60.8 Å². The molecule has 4 aromatic rings. The highest BCUT2D eigenvalue weighted by Crippen LogP contribution is 2.30. The van der Waals surface area contributed by atoms with E-state index in [1.54, 1.807) is 0 Å². The zero-order chi connectivity index (χ0) is 17.1. The van der Waals surface area contributed by atoms with Crippen molar-refractivity contribution >= 4 is 34.1 Å². The summed E-state index contributed by atoms with van der Waals surface area (Å²) in [4.78, 5) is 11.5. The molecule has 4 rings (SSSR count). The number of anilines is 2. The van der Waals surface area contributed by atoms with Crippen LogP contribution >= 0.6 is 11.6 Å². The van der Waals surface area contributed by atoms with Crippen LogP contribution in [-0.2, 0) is 6.61 Å². The average molecular weight is 351 g/mol. The molecule has 0 saturated heterocycles. The van der Waals surface area contributed by atoms with Crippen molar-refractivity contribution in [3.63, 3.8) is 0 Å². The molecule has 6 heteroatoms. The van der Waals surface area contributed by atoms with Gasteiger partial charge in [-0.15, -0.1) is 0 Å². The summed E-state index contributed by atoms with van der Waals surface area (Å²) in [7, 11) is 0. The number of benzene rings is 2. The van der Waals surface area contributed by atoms with Crippen LogP contribution in [0.1, 0.15) is 5.56 Å². The first kappa shape index (κ1) is 15.5. The third-order valence-corrected chi connectivity index (χ3v) is 4.08. The van der Waals surface area contributed by atoms with E-state index in [-0.39, 0.29) is 0 Å². The van der Waals surface area contributed by atoms with Crippen molar-refractivity contribution in [3.8, 4) is 5.75 Å². The molecule has 0 aliphatic carbocycles. The Bertz CT molecular complexity index is 1000. The molecule has 2 aromatic heterocycles. The quantitative estimate of drug-likeness (QED) is 0.535. The van der Waals surface area contributed by atoms with Crippen LogP contribution in [0.4, 0.5) is 11.5 Å². The lowest BCUT2D eigenvalue weighted by Gasteiger charge is -2.11. The maximum atomic E-state index is 6.36. The molecule has 2 aromatic carbocycles. The fourth-order valence-electron chi connectivity index (χ4n) is 2.54. The van der Waals surface area contributed by atoms with E-state index in [4.69, 9.17) is 16.3 Å². The van der Waals surface area contributed by atoms with Crippen molar-refractivity contribution in [2.45, 2.75) is 6.61 Å². The van der Waals surface area contributed by atoms with Crippen molar-refractivity contribution in [1.82, 2.24) is 15.0 Å². The molecule has 0 radical (unpaired) electrons. The third-order valence-electron chi connectivity index (χ3n) is 3.79. The molecule has 0 unspecified atom stereocenters. The summed E-state index contributed by atoms with van der Waals surface area (Å²) in [5, 5.41) is 4.73. The van der Waals surface area contributed by atoms with Gasteiger partial charge in [-0.25, -0.2) is 9.97 Å². The van der Waals surface area contributed by atoms with Crippen LogP contribution in [0.3, 0.4) is 0 Å². The van der Waals surface area contributed by atoms with E-state index in [0.29, 0.717) is 17.4 Å². The number of H-pyrrole nitrogens is 1. The number of nitrogens with one attached hydrogen (secondary N) is 2.